The minimum atomic E-state index is 0.407. The van der Waals surface area contributed by atoms with Crippen molar-refractivity contribution in [2.24, 2.45) is 0 Å². The molecule has 0 aromatic heterocycles. The average molecular weight is 171 g/mol. The molecule has 0 amide bonds. The van der Waals surface area contributed by atoms with Crippen LogP contribution in [0.5, 0.6) is 0 Å². The number of nitriles is 1. The van der Waals surface area contributed by atoms with E-state index in [1.54, 1.807) is 6.33 Å². The van der Waals surface area contributed by atoms with Crippen LogP contribution in [-0.2, 0) is 6.42 Å². The smallest absolute Gasteiger partial charge is 0.0928 e. The number of rotatable bonds is 1. The fraction of sp³-hybridized carbons (Fsp3) is 0.200. The van der Waals surface area contributed by atoms with Crippen LogP contribution in [0.25, 0.3) is 11.3 Å². The third kappa shape index (κ3) is 1.17. The van der Waals surface area contributed by atoms with Gasteiger partial charge in [-0.2, -0.15) is 5.26 Å². The SMILES string of the molecule is Cc1ccc2nc[nH]c(CC#N)c1-2. The molecule has 0 fully saturated rings. The van der Waals surface area contributed by atoms with Crippen molar-refractivity contribution in [3.63, 3.8) is 0 Å². The van der Waals surface area contributed by atoms with Crippen molar-refractivity contribution in [1.29, 1.82) is 5.26 Å². The number of aromatic nitrogens is 2. The van der Waals surface area contributed by atoms with E-state index >= 15 is 0 Å². The molecule has 64 valence electrons. The van der Waals surface area contributed by atoms with E-state index < -0.39 is 0 Å². The second kappa shape index (κ2) is 2.91. The standard InChI is InChI=1S/C10H9N3/c1-7-2-3-8-10(7)9(4-5-11)13-6-12-8/h2-3,6H,4H2,1H3,(H,12,13). The van der Waals surface area contributed by atoms with Gasteiger partial charge in [0.1, 0.15) is 0 Å². The molecule has 1 heterocycles. The van der Waals surface area contributed by atoms with Gasteiger partial charge in [-0.05, 0) is 18.6 Å². The molecule has 0 bridgehead atoms. The molecule has 0 radical (unpaired) electrons. The number of aryl methyl sites for hydroxylation is 1. The fourth-order valence-electron chi connectivity index (χ4n) is 1.54. The van der Waals surface area contributed by atoms with E-state index in [2.05, 4.69) is 16.0 Å². The summed E-state index contributed by atoms with van der Waals surface area (Å²) < 4.78 is 0. The Balaban J connectivity index is 2.64. The van der Waals surface area contributed by atoms with Crippen LogP contribution < -0.4 is 0 Å². The van der Waals surface area contributed by atoms with Crippen LogP contribution in [-0.4, -0.2) is 9.97 Å². The van der Waals surface area contributed by atoms with Crippen molar-refractivity contribution < 1.29 is 0 Å². The lowest BCUT2D eigenvalue weighted by Gasteiger charge is -2.04. The van der Waals surface area contributed by atoms with Gasteiger partial charge in [0.15, 0.2) is 0 Å². The molecule has 0 aromatic carbocycles. The number of fused-ring (bicyclic) bond motifs is 1. The van der Waals surface area contributed by atoms with E-state index in [1.807, 2.05) is 19.1 Å². The lowest BCUT2D eigenvalue weighted by atomic mass is 10.1. The second-order valence-electron chi connectivity index (χ2n) is 2.99. The van der Waals surface area contributed by atoms with Crippen molar-refractivity contribution in [2.75, 3.05) is 0 Å². The number of nitrogens with zero attached hydrogens (tertiary/aromatic N) is 2. The summed E-state index contributed by atoms with van der Waals surface area (Å²) in [6, 6.07) is 6.13. The normalized spacial score (nSPS) is 10.2. The van der Waals surface area contributed by atoms with E-state index in [0.29, 0.717) is 6.42 Å². The van der Waals surface area contributed by atoms with Crippen molar-refractivity contribution in [1.82, 2.24) is 9.97 Å². The molecule has 0 saturated heterocycles. The summed E-state index contributed by atoms with van der Waals surface area (Å²) in [6.07, 6.45) is 2.04. The first-order chi connectivity index (χ1) is 6.33. The first-order valence-electron chi connectivity index (χ1n) is 4.11. The van der Waals surface area contributed by atoms with Gasteiger partial charge >= 0.3 is 0 Å². The number of nitrogens with one attached hydrogen (secondary N) is 1. The number of hydrogen-bond acceptors (Lipinski definition) is 2. The Labute approximate surface area is 76.4 Å². The monoisotopic (exact) mass is 171 g/mol. The van der Waals surface area contributed by atoms with Crippen LogP contribution in [0.3, 0.4) is 0 Å². The summed E-state index contributed by atoms with van der Waals surface area (Å²) >= 11 is 0. The van der Waals surface area contributed by atoms with Crippen LogP contribution >= 0.6 is 0 Å². The zero-order valence-corrected chi connectivity index (χ0v) is 7.33. The molecule has 2 aliphatic rings. The zero-order chi connectivity index (χ0) is 9.26. The molecule has 0 aromatic rings. The van der Waals surface area contributed by atoms with Crippen molar-refractivity contribution >= 4 is 0 Å². The van der Waals surface area contributed by atoms with Gasteiger partial charge in [0.05, 0.1) is 24.5 Å². The fourth-order valence-corrected chi connectivity index (χ4v) is 1.54. The van der Waals surface area contributed by atoms with Gasteiger partial charge in [0.25, 0.3) is 0 Å². The predicted molar refractivity (Wildman–Crippen MR) is 49.3 cm³/mol. The highest BCUT2D eigenvalue weighted by Crippen LogP contribution is 2.27. The average Bonchev–Trinajstić information content (AvgIpc) is 2.50. The van der Waals surface area contributed by atoms with Gasteiger partial charge in [-0.25, -0.2) is 4.98 Å². The summed E-state index contributed by atoms with van der Waals surface area (Å²) in [7, 11) is 0. The highest BCUT2D eigenvalue weighted by atomic mass is 14.8. The summed E-state index contributed by atoms with van der Waals surface area (Å²) in [5.74, 6) is 0. The highest BCUT2D eigenvalue weighted by molar-refractivity contribution is 5.69. The van der Waals surface area contributed by atoms with Crippen LogP contribution in [0.1, 0.15) is 11.3 Å². The Kier molecular flexibility index (Phi) is 1.75. The van der Waals surface area contributed by atoms with E-state index in [4.69, 9.17) is 5.26 Å². The predicted octanol–water partition coefficient (Wildman–Crippen LogP) is 1.89. The summed E-state index contributed by atoms with van der Waals surface area (Å²) in [4.78, 5) is 7.19. The summed E-state index contributed by atoms with van der Waals surface area (Å²) in [6.45, 7) is 2.03. The topological polar surface area (TPSA) is 52.5 Å². The third-order valence-corrected chi connectivity index (χ3v) is 2.14. The zero-order valence-electron chi connectivity index (χ0n) is 7.33. The van der Waals surface area contributed by atoms with Gasteiger partial charge in [-0.3, -0.25) is 0 Å². The lowest BCUT2D eigenvalue weighted by Crippen LogP contribution is -1.95. The van der Waals surface area contributed by atoms with E-state index in [1.165, 1.54) is 5.56 Å². The molecule has 2 rings (SSSR count). The molecule has 1 aliphatic carbocycles. The molecule has 0 unspecified atom stereocenters. The van der Waals surface area contributed by atoms with Gasteiger partial charge in [-0.15, -0.1) is 0 Å². The van der Waals surface area contributed by atoms with Gasteiger partial charge in [-0.1, -0.05) is 6.07 Å². The maximum atomic E-state index is 8.62. The summed E-state index contributed by atoms with van der Waals surface area (Å²) in [5.41, 5.74) is 4.17. The van der Waals surface area contributed by atoms with Gasteiger partial charge in [0.2, 0.25) is 0 Å². The second-order valence-corrected chi connectivity index (χ2v) is 2.99. The lowest BCUT2D eigenvalue weighted by molar-refractivity contribution is 1.06. The van der Waals surface area contributed by atoms with Crippen molar-refractivity contribution in [3.8, 4) is 17.3 Å². The Morgan fingerprint density at radius 3 is 3.15 bits per heavy atom. The largest absolute Gasteiger partial charge is 0.348 e. The van der Waals surface area contributed by atoms with Gasteiger partial charge < -0.3 is 4.98 Å². The van der Waals surface area contributed by atoms with Crippen LogP contribution in [0, 0.1) is 18.3 Å². The summed E-state index contributed by atoms with van der Waals surface area (Å²) in [5, 5.41) is 8.62. The first-order valence-corrected chi connectivity index (χ1v) is 4.11. The molecule has 3 heteroatoms. The van der Waals surface area contributed by atoms with E-state index in [-0.39, 0.29) is 0 Å². The number of hydrogen-bond donors (Lipinski definition) is 1. The molecule has 0 atom stereocenters. The van der Waals surface area contributed by atoms with Crippen molar-refractivity contribution in [3.05, 3.63) is 29.7 Å². The number of H-pyrrole nitrogens is 1. The molecule has 1 N–H and O–H groups in total. The Bertz CT molecular complexity index is 436. The maximum Gasteiger partial charge on any atom is 0.0928 e. The maximum absolute atomic E-state index is 8.62. The highest BCUT2D eigenvalue weighted by Gasteiger charge is 2.11. The van der Waals surface area contributed by atoms with Gasteiger partial charge in [0, 0.05) is 11.3 Å². The Morgan fingerprint density at radius 2 is 2.38 bits per heavy atom. The molecular weight excluding hydrogens is 162 g/mol. The Hall–Kier alpha value is -1.82. The molecule has 0 spiro atoms. The molecule has 1 aliphatic heterocycles. The Morgan fingerprint density at radius 1 is 1.54 bits per heavy atom. The quantitative estimate of drug-likeness (QED) is 0.712. The van der Waals surface area contributed by atoms with Crippen LogP contribution in [0.2, 0.25) is 0 Å². The van der Waals surface area contributed by atoms with E-state index in [0.717, 1.165) is 17.0 Å². The van der Waals surface area contributed by atoms with E-state index in [9.17, 15) is 0 Å². The number of aromatic amines is 1. The van der Waals surface area contributed by atoms with Crippen molar-refractivity contribution in [2.45, 2.75) is 13.3 Å². The minimum absolute atomic E-state index is 0.407. The van der Waals surface area contributed by atoms with Crippen LogP contribution in [0.15, 0.2) is 18.5 Å². The first kappa shape index (κ1) is 7.81. The molecule has 3 nitrogen and oxygen atoms in total. The third-order valence-electron chi connectivity index (χ3n) is 2.14. The molecule has 0 saturated carbocycles. The minimum Gasteiger partial charge on any atom is -0.348 e. The molecule has 13 heavy (non-hydrogen) atoms. The molecular formula is C10H9N3. The van der Waals surface area contributed by atoms with Crippen LogP contribution in [0.4, 0.5) is 0 Å².